The summed E-state index contributed by atoms with van der Waals surface area (Å²) in [7, 11) is 0. The van der Waals surface area contributed by atoms with Crippen LogP contribution >= 0.6 is 11.6 Å². The molecule has 0 saturated heterocycles. The van der Waals surface area contributed by atoms with Crippen molar-refractivity contribution in [3.8, 4) is 5.69 Å². The van der Waals surface area contributed by atoms with Crippen molar-refractivity contribution >= 4 is 34.7 Å². The monoisotopic (exact) mass is 362 g/mol. The minimum absolute atomic E-state index is 0.145. The molecule has 4 rings (SSSR count). The summed E-state index contributed by atoms with van der Waals surface area (Å²) in [4.78, 5) is 21.2. The Morgan fingerprint density at radius 3 is 2.54 bits per heavy atom. The summed E-state index contributed by atoms with van der Waals surface area (Å²) in [5, 5.41) is 4.37. The van der Waals surface area contributed by atoms with Crippen molar-refractivity contribution in [1.82, 2.24) is 19.7 Å². The Kier molecular flexibility index (Phi) is 4.14. The molecule has 0 aliphatic rings. The van der Waals surface area contributed by atoms with Crippen molar-refractivity contribution in [3.63, 3.8) is 0 Å². The number of hydrogen-bond acceptors (Lipinski definition) is 3. The van der Waals surface area contributed by atoms with E-state index in [9.17, 15) is 4.79 Å². The van der Waals surface area contributed by atoms with Gasteiger partial charge in [-0.15, -0.1) is 0 Å². The van der Waals surface area contributed by atoms with Gasteiger partial charge in [-0.3, -0.25) is 19.9 Å². The maximum Gasteiger partial charge on any atom is 0.280 e. The second-order valence-corrected chi connectivity index (χ2v) is 6.33. The van der Waals surface area contributed by atoms with Gasteiger partial charge in [0.2, 0.25) is 0 Å². The highest BCUT2D eigenvalue weighted by Gasteiger charge is 2.13. The van der Waals surface area contributed by atoms with Crippen molar-refractivity contribution < 1.29 is 0 Å². The van der Waals surface area contributed by atoms with Crippen LogP contribution in [0.4, 0.5) is 0 Å². The van der Waals surface area contributed by atoms with Gasteiger partial charge in [0.1, 0.15) is 0 Å². The highest BCUT2D eigenvalue weighted by Crippen LogP contribution is 2.21. The lowest BCUT2D eigenvalue weighted by atomic mass is 10.1. The van der Waals surface area contributed by atoms with Gasteiger partial charge in [0.05, 0.1) is 16.6 Å². The molecule has 3 aromatic heterocycles. The molecule has 128 valence electrons. The van der Waals surface area contributed by atoms with Gasteiger partial charge in [0.15, 0.2) is 0 Å². The van der Waals surface area contributed by atoms with E-state index in [2.05, 4.69) is 15.1 Å². The Labute approximate surface area is 154 Å². The van der Waals surface area contributed by atoms with Gasteiger partial charge in [-0.25, -0.2) is 4.68 Å². The van der Waals surface area contributed by atoms with Crippen molar-refractivity contribution in [3.05, 3.63) is 87.2 Å². The molecule has 0 amide bonds. The molecule has 0 aliphatic carbocycles. The topological polar surface area (TPSA) is 63.6 Å². The zero-order chi connectivity index (χ0) is 18.1. The van der Waals surface area contributed by atoms with Crippen LogP contribution in [0.2, 0.25) is 5.02 Å². The van der Waals surface area contributed by atoms with E-state index in [1.54, 1.807) is 42.9 Å². The minimum Gasteiger partial charge on any atom is -0.290 e. The standard InChI is InChI=1S/C20H15ClN4O/c1-13-17(7-2-14-8-10-22-11-9-14)19-18(12-23-13)20(26)25(24-19)16-5-3-15(21)4-6-16/h2-12,24H,1H3/b7-2+. The fourth-order valence-corrected chi connectivity index (χ4v) is 2.94. The maximum atomic E-state index is 12.8. The quantitative estimate of drug-likeness (QED) is 0.592. The van der Waals surface area contributed by atoms with Crippen LogP contribution in [0.3, 0.4) is 0 Å². The smallest absolute Gasteiger partial charge is 0.280 e. The average Bonchev–Trinajstić information content (AvgIpc) is 2.99. The minimum atomic E-state index is -0.145. The predicted molar refractivity (Wildman–Crippen MR) is 105 cm³/mol. The van der Waals surface area contributed by atoms with Crippen LogP contribution < -0.4 is 5.56 Å². The van der Waals surface area contributed by atoms with E-state index in [1.807, 2.05) is 31.2 Å². The number of pyridine rings is 2. The van der Waals surface area contributed by atoms with Crippen LogP contribution in [0.1, 0.15) is 16.8 Å². The van der Waals surface area contributed by atoms with Gasteiger partial charge < -0.3 is 0 Å². The summed E-state index contributed by atoms with van der Waals surface area (Å²) in [6.45, 7) is 1.92. The van der Waals surface area contributed by atoms with Crippen molar-refractivity contribution in [2.75, 3.05) is 0 Å². The number of halogens is 1. The number of aromatic amines is 1. The second kappa shape index (κ2) is 6.61. The molecular formula is C20H15ClN4O. The zero-order valence-electron chi connectivity index (χ0n) is 14.0. The van der Waals surface area contributed by atoms with E-state index < -0.39 is 0 Å². The summed E-state index contributed by atoms with van der Waals surface area (Å²) < 4.78 is 1.51. The Bertz CT molecular complexity index is 1160. The number of aryl methyl sites for hydroxylation is 1. The van der Waals surface area contributed by atoms with Gasteiger partial charge in [-0.2, -0.15) is 0 Å². The second-order valence-electron chi connectivity index (χ2n) is 5.89. The predicted octanol–water partition coefficient (Wildman–Crippen LogP) is 4.24. The first-order valence-electron chi connectivity index (χ1n) is 8.08. The third-order valence-electron chi connectivity index (χ3n) is 4.21. The number of aromatic nitrogens is 4. The van der Waals surface area contributed by atoms with Gasteiger partial charge in [-0.05, 0) is 48.9 Å². The van der Waals surface area contributed by atoms with Crippen LogP contribution in [0.25, 0.3) is 28.7 Å². The Morgan fingerprint density at radius 1 is 1.08 bits per heavy atom. The first-order chi connectivity index (χ1) is 12.6. The molecule has 26 heavy (non-hydrogen) atoms. The number of fused-ring (bicyclic) bond motifs is 1. The van der Waals surface area contributed by atoms with Crippen molar-refractivity contribution in [2.24, 2.45) is 0 Å². The fraction of sp³-hybridized carbons (Fsp3) is 0.0500. The SMILES string of the molecule is Cc1ncc2c(=O)n(-c3ccc(Cl)cc3)[nH]c2c1/C=C/c1ccncc1. The molecule has 5 nitrogen and oxygen atoms in total. The molecule has 0 spiro atoms. The van der Waals surface area contributed by atoms with Gasteiger partial charge in [0, 0.05) is 34.9 Å². The van der Waals surface area contributed by atoms with Gasteiger partial charge >= 0.3 is 0 Å². The molecule has 0 radical (unpaired) electrons. The molecule has 0 atom stereocenters. The Morgan fingerprint density at radius 2 is 1.81 bits per heavy atom. The van der Waals surface area contributed by atoms with Gasteiger partial charge in [-0.1, -0.05) is 23.8 Å². The first-order valence-corrected chi connectivity index (χ1v) is 8.45. The fourth-order valence-electron chi connectivity index (χ4n) is 2.82. The molecule has 1 aromatic carbocycles. The molecule has 4 aromatic rings. The highest BCUT2D eigenvalue weighted by molar-refractivity contribution is 6.30. The zero-order valence-corrected chi connectivity index (χ0v) is 14.7. The maximum absolute atomic E-state index is 12.8. The molecular weight excluding hydrogens is 348 g/mol. The Hall–Kier alpha value is -3.18. The molecule has 3 heterocycles. The van der Waals surface area contributed by atoms with E-state index >= 15 is 0 Å². The normalized spacial score (nSPS) is 11.5. The highest BCUT2D eigenvalue weighted by atomic mass is 35.5. The van der Waals surface area contributed by atoms with Gasteiger partial charge in [0.25, 0.3) is 5.56 Å². The first kappa shape index (κ1) is 16.3. The van der Waals surface area contributed by atoms with Crippen LogP contribution in [-0.4, -0.2) is 19.7 Å². The third-order valence-corrected chi connectivity index (χ3v) is 4.46. The largest absolute Gasteiger partial charge is 0.290 e. The summed E-state index contributed by atoms with van der Waals surface area (Å²) in [6.07, 6.45) is 9.03. The molecule has 0 fully saturated rings. The summed E-state index contributed by atoms with van der Waals surface area (Å²) >= 11 is 5.94. The van der Waals surface area contributed by atoms with Crippen molar-refractivity contribution in [1.29, 1.82) is 0 Å². The molecule has 0 bridgehead atoms. The molecule has 0 unspecified atom stereocenters. The number of rotatable bonds is 3. The Balaban J connectivity index is 1.87. The average molecular weight is 363 g/mol. The summed E-state index contributed by atoms with van der Waals surface area (Å²) in [5.74, 6) is 0. The number of H-pyrrole nitrogens is 1. The molecule has 1 N–H and O–H groups in total. The lowest BCUT2D eigenvalue weighted by Crippen LogP contribution is -2.14. The number of benzene rings is 1. The number of nitrogens with one attached hydrogen (secondary N) is 1. The van der Waals surface area contributed by atoms with E-state index in [4.69, 9.17) is 11.6 Å². The molecule has 0 aliphatic heterocycles. The molecule has 6 heteroatoms. The van der Waals surface area contributed by atoms with E-state index in [1.165, 1.54) is 4.68 Å². The van der Waals surface area contributed by atoms with E-state index in [0.717, 1.165) is 28.0 Å². The lowest BCUT2D eigenvalue weighted by Gasteiger charge is -2.02. The van der Waals surface area contributed by atoms with E-state index in [0.29, 0.717) is 10.4 Å². The van der Waals surface area contributed by atoms with Crippen molar-refractivity contribution in [2.45, 2.75) is 6.92 Å². The van der Waals surface area contributed by atoms with Crippen LogP contribution in [0, 0.1) is 6.92 Å². The van der Waals surface area contributed by atoms with Crippen LogP contribution in [0.5, 0.6) is 0 Å². The summed E-state index contributed by atoms with van der Waals surface area (Å²) in [5.41, 5.74) is 4.07. The van der Waals surface area contributed by atoms with E-state index in [-0.39, 0.29) is 5.56 Å². The third kappa shape index (κ3) is 2.93. The summed E-state index contributed by atoms with van der Waals surface area (Å²) in [6, 6.07) is 10.9. The van der Waals surface area contributed by atoms with Crippen LogP contribution in [0.15, 0.2) is 59.8 Å². The number of nitrogens with zero attached hydrogens (tertiary/aromatic N) is 3. The number of hydrogen-bond donors (Lipinski definition) is 1. The lowest BCUT2D eigenvalue weighted by molar-refractivity contribution is 0.863. The molecule has 0 saturated carbocycles. The van der Waals surface area contributed by atoms with Crippen LogP contribution in [-0.2, 0) is 0 Å².